The van der Waals surface area contributed by atoms with Gasteiger partial charge in [0.15, 0.2) is 5.79 Å². The third-order valence-electron chi connectivity index (χ3n) is 3.28. The molecule has 0 saturated carbocycles. The summed E-state index contributed by atoms with van der Waals surface area (Å²) in [5.41, 5.74) is 0.973. The van der Waals surface area contributed by atoms with E-state index in [9.17, 15) is 4.79 Å². The van der Waals surface area contributed by atoms with Gasteiger partial charge in [-0.15, -0.1) is 11.8 Å². The zero-order valence-electron chi connectivity index (χ0n) is 12.8. The number of thioether (sulfide) groups is 1. The molecule has 1 aliphatic rings. The fourth-order valence-electron chi connectivity index (χ4n) is 2.16. The molecule has 0 aromatic heterocycles. The quantitative estimate of drug-likeness (QED) is 0.597. The van der Waals surface area contributed by atoms with Crippen molar-refractivity contribution in [1.29, 1.82) is 0 Å². The number of benzene rings is 1. The zero-order valence-corrected chi connectivity index (χ0v) is 13.6. The van der Waals surface area contributed by atoms with Crippen LogP contribution >= 0.6 is 11.8 Å². The lowest BCUT2D eigenvalue weighted by molar-refractivity contribution is -0.140. The van der Waals surface area contributed by atoms with Crippen molar-refractivity contribution < 1.29 is 19.0 Å². The Morgan fingerprint density at radius 1 is 1.38 bits per heavy atom. The second kappa shape index (κ2) is 7.29. The molecule has 0 aliphatic carbocycles. The van der Waals surface area contributed by atoms with Crippen molar-refractivity contribution in [1.82, 2.24) is 0 Å². The lowest BCUT2D eigenvalue weighted by atomic mass is 10.2. The molecule has 0 radical (unpaired) electrons. The lowest BCUT2D eigenvalue weighted by Crippen LogP contribution is -2.21. The van der Waals surface area contributed by atoms with Crippen LogP contribution in [0.3, 0.4) is 0 Å². The maximum atomic E-state index is 11.2. The summed E-state index contributed by atoms with van der Waals surface area (Å²) < 4.78 is 16.0. The summed E-state index contributed by atoms with van der Waals surface area (Å²) in [5, 5.41) is 0. The highest BCUT2D eigenvalue weighted by Gasteiger charge is 2.32. The van der Waals surface area contributed by atoms with E-state index in [-0.39, 0.29) is 12.1 Å². The Morgan fingerprint density at radius 3 is 2.67 bits per heavy atom. The number of carbonyl (C=O) groups excluding carboxylic acids is 1. The fourth-order valence-corrected chi connectivity index (χ4v) is 3.10. The molecule has 0 spiro atoms. The Labute approximate surface area is 130 Å². The molecule has 116 valence electrons. The summed E-state index contributed by atoms with van der Waals surface area (Å²) in [6.07, 6.45) is 1.48. The maximum Gasteiger partial charge on any atom is 0.309 e. The number of rotatable bonds is 6. The second-order valence-corrected chi connectivity index (χ2v) is 6.65. The Morgan fingerprint density at radius 2 is 2.10 bits per heavy atom. The number of ether oxygens (including phenoxy) is 3. The van der Waals surface area contributed by atoms with Gasteiger partial charge in [0, 0.05) is 10.6 Å². The first kappa shape index (κ1) is 16.3. The SMILES string of the molecule is COC(=O)Cc1ccc(SCC[C@H]2COC(C)(C)O2)cc1. The highest BCUT2D eigenvalue weighted by atomic mass is 32.2. The Bertz CT molecular complexity index is 470. The van der Waals surface area contributed by atoms with Crippen molar-refractivity contribution >= 4 is 17.7 Å². The van der Waals surface area contributed by atoms with Gasteiger partial charge in [0.05, 0.1) is 26.2 Å². The predicted molar refractivity (Wildman–Crippen MR) is 82.4 cm³/mol. The van der Waals surface area contributed by atoms with Crippen LogP contribution in [-0.2, 0) is 25.4 Å². The van der Waals surface area contributed by atoms with Crippen LogP contribution in [0.1, 0.15) is 25.8 Å². The Balaban J connectivity index is 1.73. The van der Waals surface area contributed by atoms with Crippen LogP contribution in [0.4, 0.5) is 0 Å². The van der Waals surface area contributed by atoms with Crippen molar-refractivity contribution in [2.75, 3.05) is 19.5 Å². The van der Waals surface area contributed by atoms with Gasteiger partial charge in [-0.05, 0) is 38.0 Å². The Kier molecular flexibility index (Phi) is 5.67. The lowest BCUT2D eigenvalue weighted by Gasteiger charge is -2.16. The van der Waals surface area contributed by atoms with Crippen molar-refractivity contribution in [2.24, 2.45) is 0 Å². The van der Waals surface area contributed by atoms with Gasteiger partial charge in [-0.25, -0.2) is 0 Å². The highest BCUT2D eigenvalue weighted by Crippen LogP contribution is 2.27. The minimum absolute atomic E-state index is 0.186. The molecule has 1 atom stereocenters. The van der Waals surface area contributed by atoms with Crippen molar-refractivity contribution in [2.45, 2.75) is 43.5 Å². The first-order valence-corrected chi connectivity index (χ1v) is 8.07. The molecule has 5 heteroatoms. The third-order valence-corrected chi connectivity index (χ3v) is 4.32. The molecule has 1 saturated heterocycles. The number of hydrogen-bond donors (Lipinski definition) is 0. The molecule has 1 heterocycles. The monoisotopic (exact) mass is 310 g/mol. The van der Waals surface area contributed by atoms with Gasteiger partial charge in [-0.2, -0.15) is 0 Å². The van der Waals surface area contributed by atoms with Gasteiger partial charge in [0.25, 0.3) is 0 Å². The van der Waals surface area contributed by atoms with Crippen molar-refractivity contribution in [3.8, 4) is 0 Å². The van der Waals surface area contributed by atoms with E-state index in [1.54, 1.807) is 11.8 Å². The number of hydrogen-bond acceptors (Lipinski definition) is 5. The molecule has 1 fully saturated rings. The van der Waals surface area contributed by atoms with Gasteiger partial charge in [-0.1, -0.05) is 12.1 Å². The summed E-state index contributed by atoms with van der Waals surface area (Å²) in [7, 11) is 1.41. The van der Waals surface area contributed by atoms with Crippen LogP contribution < -0.4 is 0 Å². The minimum Gasteiger partial charge on any atom is -0.469 e. The molecule has 0 unspecified atom stereocenters. The first-order valence-electron chi connectivity index (χ1n) is 7.09. The van der Waals surface area contributed by atoms with E-state index in [1.165, 1.54) is 12.0 Å². The van der Waals surface area contributed by atoms with E-state index in [1.807, 2.05) is 38.1 Å². The van der Waals surface area contributed by atoms with E-state index in [2.05, 4.69) is 4.74 Å². The number of carbonyl (C=O) groups is 1. The highest BCUT2D eigenvalue weighted by molar-refractivity contribution is 7.99. The topological polar surface area (TPSA) is 44.8 Å². The molecule has 4 nitrogen and oxygen atoms in total. The van der Waals surface area contributed by atoms with E-state index >= 15 is 0 Å². The van der Waals surface area contributed by atoms with Crippen LogP contribution in [0.25, 0.3) is 0 Å². The zero-order chi connectivity index (χ0) is 15.3. The number of methoxy groups -OCH3 is 1. The average Bonchev–Trinajstić information content (AvgIpc) is 2.80. The third kappa shape index (κ3) is 5.34. The minimum atomic E-state index is -0.440. The molecule has 21 heavy (non-hydrogen) atoms. The van der Waals surface area contributed by atoms with Gasteiger partial charge in [0.1, 0.15) is 0 Å². The van der Waals surface area contributed by atoms with E-state index < -0.39 is 5.79 Å². The molecule has 1 aromatic carbocycles. The van der Waals surface area contributed by atoms with Gasteiger partial charge < -0.3 is 14.2 Å². The molecule has 1 aromatic rings. The van der Waals surface area contributed by atoms with E-state index in [4.69, 9.17) is 9.47 Å². The molecule has 0 bridgehead atoms. The van der Waals surface area contributed by atoms with Crippen LogP contribution in [0.15, 0.2) is 29.2 Å². The van der Waals surface area contributed by atoms with Gasteiger partial charge in [0.2, 0.25) is 0 Å². The van der Waals surface area contributed by atoms with E-state index in [0.29, 0.717) is 13.0 Å². The van der Waals surface area contributed by atoms with Crippen LogP contribution in [0.2, 0.25) is 0 Å². The largest absolute Gasteiger partial charge is 0.469 e. The van der Waals surface area contributed by atoms with Gasteiger partial charge >= 0.3 is 5.97 Å². The fraction of sp³-hybridized carbons (Fsp3) is 0.562. The summed E-state index contributed by atoms with van der Waals surface area (Å²) in [6.45, 7) is 4.56. The predicted octanol–water partition coefficient (Wildman–Crippen LogP) is 3.04. The smallest absolute Gasteiger partial charge is 0.309 e. The second-order valence-electron chi connectivity index (χ2n) is 5.48. The van der Waals surface area contributed by atoms with Gasteiger partial charge in [-0.3, -0.25) is 4.79 Å². The first-order chi connectivity index (χ1) is 9.98. The van der Waals surface area contributed by atoms with Crippen LogP contribution in [-0.4, -0.2) is 37.3 Å². The molecule has 2 rings (SSSR count). The summed E-state index contributed by atoms with van der Waals surface area (Å²) >= 11 is 1.79. The maximum absolute atomic E-state index is 11.2. The van der Waals surface area contributed by atoms with Crippen molar-refractivity contribution in [3.05, 3.63) is 29.8 Å². The Hall–Kier alpha value is -1.04. The summed E-state index contributed by atoms with van der Waals surface area (Å²) in [6, 6.07) is 8.02. The molecule has 0 amide bonds. The average molecular weight is 310 g/mol. The summed E-state index contributed by atoms with van der Waals surface area (Å²) in [4.78, 5) is 12.4. The van der Waals surface area contributed by atoms with Crippen LogP contribution in [0, 0.1) is 0 Å². The van der Waals surface area contributed by atoms with E-state index in [0.717, 1.165) is 17.7 Å². The molecule has 0 N–H and O–H groups in total. The molecular formula is C16H22O4S. The number of esters is 1. The van der Waals surface area contributed by atoms with Crippen molar-refractivity contribution in [3.63, 3.8) is 0 Å². The molecular weight excluding hydrogens is 288 g/mol. The summed E-state index contributed by atoms with van der Waals surface area (Å²) in [5.74, 6) is 0.335. The standard InChI is InChI=1S/C16H22O4S/c1-16(2)19-11-13(20-16)8-9-21-14-6-4-12(5-7-14)10-15(17)18-3/h4-7,13H,8-11H2,1-3H3/t13-/m0/s1. The molecule has 1 aliphatic heterocycles. The van der Waals surface area contributed by atoms with Crippen LogP contribution in [0.5, 0.6) is 0 Å². The normalized spacial score (nSPS) is 20.4.